The van der Waals surface area contributed by atoms with E-state index in [-0.39, 0.29) is 12.7 Å². The third-order valence-corrected chi connectivity index (χ3v) is 9.37. The number of carbonyl (C=O) groups is 2. The number of urea groups is 1. The number of amides is 2. The molecule has 0 saturated carbocycles. The molecule has 15 heteroatoms. The monoisotopic (exact) mass is 639 g/mol. The normalized spacial score (nSPS) is 26.6. The highest BCUT2D eigenvalue weighted by atomic mass is 35.5. The lowest BCUT2D eigenvalue weighted by atomic mass is 10.1. The Morgan fingerprint density at radius 1 is 1.27 bits per heavy atom. The lowest BCUT2D eigenvalue weighted by Crippen LogP contribution is -2.55. The molecule has 2 amide bonds. The molecule has 1 aromatic carbocycles. The Kier molecular flexibility index (Phi) is 11.3. The third-order valence-electron chi connectivity index (χ3n) is 6.05. The average molecular weight is 641 g/mol. The summed E-state index contributed by atoms with van der Waals surface area (Å²) in [5.41, 5.74) is 1.53. The maximum atomic E-state index is 12.5. The number of alkyl halides is 2. The van der Waals surface area contributed by atoms with Crippen molar-refractivity contribution in [3.8, 4) is 5.75 Å². The number of hydrogen-bond donors (Lipinski definition) is 4. The van der Waals surface area contributed by atoms with Crippen LogP contribution >= 0.6 is 29.8 Å². The number of nitrogens with one attached hydrogen (secondary N) is 2. The number of carbonyl (C=O) groups excluding carboxylic acids is 2. The molecule has 6 atom stereocenters. The van der Waals surface area contributed by atoms with Gasteiger partial charge in [0.15, 0.2) is 16.8 Å². The summed E-state index contributed by atoms with van der Waals surface area (Å²) in [5, 5.41) is 26.1. The number of esters is 1. The van der Waals surface area contributed by atoms with Crippen LogP contribution in [-0.2, 0) is 37.0 Å². The number of ether oxygens (including phenoxy) is 2. The van der Waals surface area contributed by atoms with Gasteiger partial charge in [0, 0.05) is 6.20 Å². The van der Waals surface area contributed by atoms with Gasteiger partial charge < -0.3 is 34.1 Å². The summed E-state index contributed by atoms with van der Waals surface area (Å²) in [4.78, 5) is 26.1. The SMILES string of the molecule is CCCc1ccc(OP(=S)(NC(C)C(=O)OC(C)C)OCC2OC(N3C=C(C)C(O)NC3=O)C(Cl)(Cl)C2O)cc1. The van der Waals surface area contributed by atoms with Crippen molar-refractivity contribution < 1.29 is 38.3 Å². The van der Waals surface area contributed by atoms with Crippen molar-refractivity contribution in [2.75, 3.05) is 6.61 Å². The van der Waals surface area contributed by atoms with E-state index in [1.54, 1.807) is 39.8 Å². The van der Waals surface area contributed by atoms with Crippen LogP contribution in [0.1, 0.15) is 46.6 Å². The van der Waals surface area contributed by atoms with Gasteiger partial charge in [0.05, 0.1) is 12.7 Å². The molecule has 0 aromatic heterocycles. The first kappa shape index (κ1) is 33.0. The van der Waals surface area contributed by atoms with E-state index < -0.39 is 53.7 Å². The lowest BCUT2D eigenvalue weighted by molar-refractivity contribution is -0.149. The highest BCUT2D eigenvalue weighted by Crippen LogP contribution is 2.48. The predicted octanol–water partition coefficient (Wildman–Crippen LogP) is 3.70. The fraction of sp³-hybridized carbons (Fsp3) is 0.600. The van der Waals surface area contributed by atoms with Crippen molar-refractivity contribution in [2.24, 2.45) is 0 Å². The van der Waals surface area contributed by atoms with Crippen molar-refractivity contribution in [1.82, 2.24) is 15.3 Å². The van der Waals surface area contributed by atoms with E-state index in [0.717, 1.165) is 23.3 Å². The number of benzene rings is 1. The Labute approximate surface area is 249 Å². The Bertz CT molecular complexity index is 1140. The molecular formula is C25H36Cl2N3O8PS. The zero-order chi connectivity index (χ0) is 29.8. The van der Waals surface area contributed by atoms with Crippen molar-refractivity contribution in [3.63, 3.8) is 0 Å². The topological polar surface area (TPSA) is 139 Å². The van der Waals surface area contributed by atoms with Gasteiger partial charge in [0.1, 0.15) is 24.0 Å². The molecule has 4 N–H and O–H groups in total. The first-order chi connectivity index (χ1) is 18.7. The van der Waals surface area contributed by atoms with Crippen LogP contribution in [0.3, 0.4) is 0 Å². The molecule has 3 rings (SSSR count). The molecule has 40 heavy (non-hydrogen) atoms. The van der Waals surface area contributed by atoms with E-state index in [0.29, 0.717) is 11.3 Å². The fourth-order valence-electron chi connectivity index (χ4n) is 3.96. The van der Waals surface area contributed by atoms with Gasteiger partial charge in [-0.1, -0.05) is 48.7 Å². The fourth-order valence-corrected chi connectivity index (χ4v) is 6.98. The van der Waals surface area contributed by atoms with E-state index in [1.807, 2.05) is 12.1 Å². The summed E-state index contributed by atoms with van der Waals surface area (Å²) in [6, 6.07) is 5.73. The molecule has 0 aliphatic carbocycles. The second-order valence-corrected chi connectivity index (χ2v) is 14.5. The Balaban J connectivity index is 1.79. The summed E-state index contributed by atoms with van der Waals surface area (Å²) in [5.74, 6) is -0.132. The second kappa shape index (κ2) is 13.7. The summed E-state index contributed by atoms with van der Waals surface area (Å²) < 4.78 is 21.2. The molecule has 2 aliphatic rings. The van der Waals surface area contributed by atoms with E-state index in [4.69, 9.17) is 53.5 Å². The average Bonchev–Trinajstić information content (AvgIpc) is 3.09. The zero-order valence-electron chi connectivity index (χ0n) is 22.9. The van der Waals surface area contributed by atoms with Gasteiger partial charge in [-0.25, -0.2) is 9.88 Å². The first-order valence-corrected chi connectivity index (χ1v) is 16.2. The van der Waals surface area contributed by atoms with Crippen molar-refractivity contribution in [2.45, 2.75) is 88.6 Å². The maximum Gasteiger partial charge on any atom is 0.325 e. The highest BCUT2D eigenvalue weighted by Gasteiger charge is 2.58. The van der Waals surface area contributed by atoms with Gasteiger partial charge in [-0.3, -0.25) is 9.69 Å². The minimum absolute atomic E-state index is 0.340. The number of nitrogens with zero attached hydrogens (tertiary/aromatic N) is 1. The summed E-state index contributed by atoms with van der Waals surface area (Å²) in [7, 11) is 0. The minimum atomic E-state index is -3.46. The van der Waals surface area contributed by atoms with Crippen LogP contribution in [-0.4, -0.2) is 74.9 Å². The van der Waals surface area contributed by atoms with Crippen molar-refractivity contribution >= 4 is 53.7 Å². The van der Waals surface area contributed by atoms with Gasteiger partial charge in [0.25, 0.3) is 0 Å². The Hall–Kier alpha value is -1.47. The van der Waals surface area contributed by atoms with E-state index >= 15 is 0 Å². The smallest absolute Gasteiger partial charge is 0.325 e. The number of hydrogen-bond acceptors (Lipinski definition) is 9. The molecule has 6 unspecified atom stereocenters. The quantitative estimate of drug-likeness (QED) is 0.152. The third kappa shape index (κ3) is 8.08. The van der Waals surface area contributed by atoms with E-state index in [1.165, 1.54) is 6.20 Å². The molecule has 2 aliphatic heterocycles. The van der Waals surface area contributed by atoms with Crippen LogP contribution in [0, 0.1) is 0 Å². The number of aliphatic hydroxyl groups excluding tert-OH is 2. The largest absolute Gasteiger partial charge is 0.462 e. The highest BCUT2D eigenvalue weighted by molar-refractivity contribution is 8.09. The maximum absolute atomic E-state index is 12.5. The van der Waals surface area contributed by atoms with Crippen LogP contribution in [0.15, 0.2) is 36.0 Å². The number of aryl methyl sites for hydroxylation is 1. The molecule has 1 saturated heterocycles. The first-order valence-electron chi connectivity index (χ1n) is 12.8. The van der Waals surface area contributed by atoms with Crippen LogP contribution in [0.25, 0.3) is 0 Å². The zero-order valence-corrected chi connectivity index (χ0v) is 26.1. The van der Waals surface area contributed by atoms with Gasteiger partial charge in [-0.15, -0.1) is 0 Å². The van der Waals surface area contributed by atoms with E-state index in [9.17, 15) is 19.8 Å². The lowest BCUT2D eigenvalue weighted by Gasteiger charge is -2.35. The van der Waals surface area contributed by atoms with Crippen LogP contribution in [0.4, 0.5) is 4.79 Å². The van der Waals surface area contributed by atoms with Crippen LogP contribution in [0.2, 0.25) is 0 Å². The standard InChI is InChI=1S/C25H36Cl2N3O8PS/c1-6-7-17-8-10-18(11-9-17)38-39(40,29-16(5)22(33)36-14(2)3)35-13-19-20(31)25(26,27)23(37-19)30-12-15(4)21(32)28-24(30)34/h8-12,14,16,19-21,23,31-32H,6-7,13H2,1-5H3,(H,28,34)(H,29,40). The molecule has 0 radical (unpaired) electrons. The molecular weight excluding hydrogens is 604 g/mol. The predicted molar refractivity (Wildman–Crippen MR) is 154 cm³/mol. The van der Waals surface area contributed by atoms with Crippen molar-refractivity contribution in [3.05, 3.63) is 41.6 Å². The van der Waals surface area contributed by atoms with Crippen LogP contribution in [0.5, 0.6) is 5.75 Å². The minimum Gasteiger partial charge on any atom is -0.462 e. The van der Waals surface area contributed by atoms with Crippen LogP contribution < -0.4 is 14.9 Å². The number of rotatable bonds is 12. The molecule has 1 aromatic rings. The van der Waals surface area contributed by atoms with Gasteiger partial charge in [-0.05, 0) is 69.2 Å². The molecule has 0 bridgehead atoms. The van der Waals surface area contributed by atoms with E-state index in [2.05, 4.69) is 17.3 Å². The van der Waals surface area contributed by atoms with Gasteiger partial charge in [-0.2, -0.15) is 0 Å². The number of halogens is 2. The summed E-state index contributed by atoms with van der Waals surface area (Å²) >= 11 is 18.6. The van der Waals surface area contributed by atoms with Crippen molar-refractivity contribution in [1.29, 1.82) is 0 Å². The second-order valence-electron chi connectivity index (χ2n) is 9.89. The summed E-state index contributed by atoms with van der Waals surface area (Å²) in [6.07, 6.45) is -2.25. The molecule has 224 valence electrons. The van der Waals surface area contributed by atoms with Gasteiger partial charge >= 0.3 is 18.6 Å². The molecule has 2 heterocycles. The summed E-state index contributed by atoms with van der Waals surface area (Å²) in [6.45, 7) is 4.89. The number of aliphatic hydroxyl groups is 2. The van der Waals surface area contributed by atoms with Gasteiger partial charge in [0.2, 0.25) is 0 Å². The molecule has 0 spiro atoms. The molecule has 11 nitrogen and oxygen atoms in total. The molecule has 1 fully saturated rings. The Morgan fingerprint density at radius 2 is 1.93 bits per heavy atom. The Morgan fingerprint density at radius 3 is 2.52 bits per heavy atom.